The summed E-state index contributed by atoms with van der Waals surface area (Å²) in [6.07, 6.45) is 2.34. The molecule has 4 rings (SSSR count). The summed E-state index contributed by atoms with van der Waals surface area (Å²) in [6.45, 7) is 7.58. The van der Waals surface area contributed by atoms with Crippen LogP contribution in [0.5, 0.6) is 0 Å². The van der Waals surface area contributed by atoms with Gasteiger partial charge >= 0.3 is 0 Å². The second kappa shape index (κ2) is 10.1. The molecule has 0 saturated carbocycles. The lowest BCUT2D eigenvalue weighted by Crippen LogP contribution is -2.44. The highest BCUT2D eigenvalue weighted by Gasteiger charge is 2.16. The molecule has 9 nitrogen and oxygen atoms in total. The number of nitrogens with zero attached hydrogens (tertiary/aromatic N) is 4. The van der Waals surface area contributed by atoms with E-state index in [2.05, 4.69) is 56.2 Å². The van der Waals surface area contributed by atoms with Crippen LogP contribution in [-0.2, 0) is 4.79 Å². The molecule has 9 heteroatoms. The summed E-state index contributed by atoms with van der Waals surface area (Å²) < 4.78 is 0. The lowest BCUT2D eigenvalue weighted by Gasteiger charge is -2.34. The predicted molar refractivity (Wildman–Crippen MR) is 138 cm³/mol. The Kier molecular flexibility index (Phi) is 6.84. The largest absolute Gasteiger partial charge is 0.383 e. The van der Waals surface area contributed by atoms with Gasteiger partial charge in [0, 0.05) is 55.0 Å². The Morgan fingerprint density at radius 2 is 1.82 bits per heavy atom. The third kappa shape index (κ3) is 5.21. The Balaban J connectivity index is 1.58. The van der Waals surface area contributed by atoms with Crippen molar-refractivity contribution in [1.82, 2.24) is 14.9 Å². The molecule has 1 aromatic heterocycles. The molecule has 1 amide bonds. The normalized spacial score (nSPS) is 13.9. The minimum absolute atomic E-state index is 0.192. The van der Waals surface area contributed by atoms with Crippen molar-refractivity contribution < 1.29 is 4.79 Å². The topological polar surface area (TPSA) is 123 Å². The number of amides is 1. The van der Waals surface area contributed by atoms with E-state index in [-0.39, 0.29) is 11.7 Å². The molecule has 34 heavy (non-hydrogen) atoms. The van der Waals surface area contributed by atoms with Crippen molar-refractivity contribution in [2.45, 2.75) is 0 Å². The second-order valence-electron chi connectivity index (χ2n) is 8.08. The summed E-state index contributed by atoms with van der Waals surface area (Å²) in [5.74, 6) is 0.206. The van der Waals surface area contributed by atoms with Crippen molar-refractivity contribution in [3.63, 3.8) is 0 Å². The van der Waals surface area contributed by atoms with Gasteiger partial charge in [0.1, 0.15) is 5.82 Å². The van der Waals surface area contributed by atoms with Crippen LogP contribution in [0.15, 0.2) is 61.2 Å². The Morgan fingerprint density at radius 1 is 1.09 bits per heavy atom. The standard InChI is InChI=1S/C25H28N8O/c1-3-22(34)28-19-6-4-5-17(15-19)23-21(16-26)24(27)31-25(30-23)29-18-7-9-20(10-8-18)33-13-11-32(2)12-14-33/h3-10,15-16,26H,1,11-14H2,2H3,(H,28,34)(H3,27,29,30,31). The maximum Gasteiger partial charge on any atom is 0.247 e. The van der Waals surface area contributed by atoms with E-state index in [9.17, 15) is 4.79 Å². The number of hydrogen-bond acceptors (Lipinski definition) is 8. The van der Waals surface area contributed by atoms with Crippen LogP contribution in [0.25, 0.3) is 11.3 Å². The number of nitrogens with one attached hydrogen (secondary N) is 3. The summed E-state index contributed by atoms with van der Waals surface area (Å²) in [5, 5.41) is 13.7. The fourth-order valence-electron chi connectivity index (χ4n) is 3.79. The van der Waals surface area contributed by atoms with Gasteiger partial charge in [-0.1, -0.05) is 18.7 Å². The summed E-state index contributed by atoms with van der Waals surface area (Å²) in [4.78, 5) is 25.3. The number of benzene rings is 2. The lowest BCUT2D eigenvalue weighted by molar-refractivity contribution is -0.111. The molecule has 1 aliphatic heterocycles. The molecule has 3 aromatic rings. The summed E-state index contributed by atoms with van der Waals surface area (Å²) >= 11 is 0. The quantitative estimate of drug-likeness (QED) is 0.318. The van der Waals surface area contributed by atoms with Crippen LogP contribution < -0.4 is 21.3 Å². The molecule has 0 bridgehead atoms. The van der Waals surface area contributed by atoms with Crippen molar-refractivity contribution in [3.05, 3.63) is 66.7 Å². The van der Waals surface area contributed by atoms with Gasteiger partial charge in [-0.15, -0.1) is 0 Å². The fourth-order valence-corrected chi connectivity index (χ4v) is 3.79. The fraction of sp³-hybridized carbons (Fsp3) is 0.200. The number of rotatable bonds is 7. The first-order valence-corrected chi connectivity index (χ1v) is 11.0. The molecule has 1 saturated heterocycles. The molecule has 0 radical (unpaired) electrons. The molecule has 1 aliphatic rings. The Morgan fingerprint density at radius 3 is 2.50 bits per heavy atom. The predicted octanol–water partition coefficient (Wildman–Crippen LogP) is 3.34. The Hall–Kier alpha value is -4.24. The molecular weight excluding hydrogens is 428 g/mol. The van der Waals surface area contributed by atoms with Gasteiger partial charge in [0.25, 0.3) is 0 Å². The van der Waals surface area contributed by atoms with Gasteiger partial charge in [-0.2, -0.15) is 4.98 Å². The second-order valence-corrected chi connectivity index (χ2v) is 8.08. The van der Waals surface area contributed by atoms with E-state index < -0.39 is 0 Å². The van der Waals surface area contributed by atoms with Crippen molar-refractivity contribution in [2.24, 2.45) is 0 Å². The third-order valence-corrected chi connectivity index (χ3v) is 5.70. The van der Waals surface area contributed by atoms with Gasteiger partial charge in [0.2, 0.25) is 11.9 Å². The average Bonchev–Trinajstić information content (AvgIpc) is 2.85. The van der Waals surface area contributed by atoms with Gasteiger partial charge in [0.15, 0.2) is 0 Å². The van der Waals surface area contributed by atoms with Crippen LogP contribution >= 0.6 is 0 Å². The average molecular weight is 457 g/mol. The molecule has 0 unspecified atom stereocenters. The zero-order valence-electron chi connectivity index (χ0n) is 19.1. The number of carbonyl (C=O) groups is 1. The first kappa shape index (κ1) is 22.9. The van der Waals surface area contributed by atoms with Gasteiger partial charge < -0.3 is 31.6 Å². The maximum absolute atomic E-state index is 11.7. The van der Waals surface area contributed by atoms with Gasteiger partial charge in [-0.05, 0) is 49.5 Å². The van der Waals surface area contributed by atoms with Crippen LogP contribution in [0, 0.1) is 5.41 Å². The highest BCUT2D eigenvalue weighted by atomic mass is 16.1. The van der Waals surface area contributed by atoms with E-state index in [0.29, 0.717) is 28.5 Å². The molecule has 2 aromatic carbocycles. The first-order valence-electron chi connectivity index (χ1n) is 11.0. The summed E-state index contributed by atoms with van der Waals surface area (Å²) in [7, 11) is 2.14. The minimum atomic E-state index is -0.311. The highest BCUT2D eigenvalue weighted by Crippen LogP contribution is 2.29. The lowest BCUT2D eigenvalue weighted by atomic mass is 10.1. The molecule has 174 valence electrons. The SMILES string of the molecule is C=CC(=O)Nc1cccc(-c2nc(Nc3ccc(N4CCN(C)CC4)cc3)nc(N)c2C=N)c1. The van der Waals surface area contributed by atoms with Gasteiger partial charge in [0.05, 0.1) is 11.3 Å². The first-order chi connectivity index (χ1) is 16.5. The molecule has 5 N–H and O–H groups in total. The number of anilines is 5. The molecule has 0 spiro atoms. The number of carbonyl (C=O) groups excluding carboxylic acids is 1. The molecule has 2 heterocycles. The van der Waals surface area contributed by atoms with Crippen LogP contribution in [-0.4, -0.2) is 60.2 Å². The van der Waals surface area contributed by atoms with E-state index in [1.165, 1.54) is 11.8 Å². The zero-order valence-corrected chi connectivity index (χ0v) is 19.1. The van der Waals surface area contributed by atoms with E-state index in [0.717, 1.165) is 38.1 Å². The zero-order chi connectivity index (χ0) is 24.1. The van der Waals surface area contributed by atoms with Crippen molar-refractivity contribution in [2.75, 3.05) is 54.5 Å². The molecule has 0 atom stereocenters. The van der Waals surface area contributed by atoms with E-state index >= 15 is 0 Å². The number of nitrogen functional groups attached to an aromatic ring is 1. The highest BCUT2D eigenvalue weighted by molar-refractivity contribution is 5.99. The third-order valence-electron chi connectivity index (χ3n) is 5.70. The van der Waals surface area contributed by atoms with E-state index in [1.54, 1.807) is 18.2 Å². The van der Waals surface area contributed by atoms with Crippen molar-refractivity contribution >= 4 is 41.0 Å². The van der Waals surface area contributed by atoms with E-state index in [4.69, 9.17) is 11.1 Å². The summed E-state index contributed by atoms with van der Waals surface area (Å²) in [6, 6.07) is 15.3. The van der Waals surface area contributed by atoms with Crippen molar-refractivity contribution in [1.29, 1.82) is 5.41 Å². The number of nitrogens with two attached hydrogens (primary N) is 1. The summed E-state index contributed by atoms with van der Waals surface area (Å²) in [5.41, 5.74) is 10.4. The van der Waals surface area contributed by atoms with Crippen molar-refractivity contribution in [3.8, 4) is 11.3 Å². The number of aromatic nitrogens is 2. The molecular formula is C25H28N8O. The van der Waals surface area contributed by atoms with Gasteiger partial charge in [-0.3, -0.25) is 4.79 Å². The van der Waals surface area contributed by atoms with Crippen LogP contribution in [0.1, 0.15) is 5.56 Å². The maximum atomic E-state index is 11.7. The van der Waals surface area contributed by atoms with Crippen LogP contribution in [0.4, 0.5) is 28.8 Å². The van der Waals surface area contributed by atoms with Gasteiger partial charge in [-0.25, -0.2) is 4.98 Å². The monoisotopic (exact) mass is 456 g/mol. The smallest absolute Gasteiger partial charge is 0.247 e. The molecule has 1 fully saturated rings. The van der Waals surface area contributed by atoms with Crippen LogP contribution in [0.3, 0.4) is 0 Å². The Labute approximate surface area is 198 Å². The molecule has 0 aliphatic carbocycles. The number of likely N-dealkylation sites (N-methyl/N-ethyl adjacent to an activating group) is 1. The minimum Gasteiger partial charge on any atom is -0.383 e. The number of piperazine rings is 1. The Bertz CT molecular complexity index is 1200. The van der Waals surface area contributed by atoms with E-state index in [1.807, 2.05) is 18.2 Å². The van der Waals surface area contributed by atoms with Crippen LogP contribution in [0.2, 0.25) is 0 Å². The number of hydrogen-bond donors (Lipinski definition) is 4.